The zero-order valence-corrected chi connectivity index (χ0v) is 12.1. The second kappa shape index (κ2) is 6.29. The fourth-order valence-electron chi connectivity index (χ4n) is 1.66. The van der Waals surface area contributed by atoms with Gasteiger partial charge in [-0.25, -0.2) is 8.78 Å². The molecule has 100 valence electrons. The maximum Gasteiger partial charge on any atom is 0.129 e. The molecule has 19 heavy (non-hydrogen) atoms. The molecule has 0 heterocycles. The number of benzene rings is 2. The van der Waals surface area contributed by atoms with Gasteiger partial charge in [0.1, 0.15) is 11.6 Å². The van der Waals surface area contributed by atoms with Crippen molar-refractivity contribution in [3.05, 3.63) is 63.2 Å². The summed E-state index contributed by atoms with van der Waals surface area (Å²) >= 11 is 2.19. The average Bonchev–Trinajstić information content (AvgIpc) is 2.40. The molecule has 2 nitrogen and oxygen atoms in total. The molecular formula is C14H12F2INO. The molecule has 1 unspecified atom stereocenters. The molecule has 2 aromatic rings. The van der Waals surface area contributed by atoms with Gasteiger partial charge in [-0.3, -0.25) is 0 Å². The Morgan fingerprint density at radius 1 is 1.11 bits per heavy atom. The van der Waals surface area contributed by atoms with Gasteiger partial charge >= 0.3 is 0 Å². The molecule has 0 aliphatic heterocycles. The third kappa shape index (κ3) is 3.87. The van der Waals surface area contributed by atoms with Crippen molar-refractivity contribution in [3.8, 4) is 0 Å². The predicted octanol–water partition coefficient (Wildman–Crippen LogP) is 3.71. The lowest BCUT2D eigenvalue weighted by atomic mass is 10.1. The Hall–Kier alpha value is -1.21. The summed E-state index contributed by atoms with van der Waals surface area (Å²) in [6.45, 7) is 0.112. The number of hydrogen-bond donors (Lipinski definition) is 2. The Morgan fingerprint density at radius 3 is 2.47 bits per heavy atom. The maximum atomic E-state index is 13.4. The summed E-state index contributed by atoms with van der Waals surface area (Å²) in [5.74, 6) is -1.18. The van der Waals surface area contributed by atoms with Gasteiger partial charge in [0.2, 0.25) is 0 Å². The topological polar surface area (TPSA) is 32.3 Å². The average molecular weight is 375 g/mol. The molecule has 2 N–H and O–H groups in total. The first-order chi connectivity index (χ1) is 9.06. The molecule has 5 heteroatoms. The second-order valence-electron chi connectivity index (χ2n) is 4.07. The van der Waals surface area contributed by atoms with Crippen molar-refractivity contribution in [2.45, 2.75) is 6.10 Å². The lowest BCUT2D eigenvalue weighted by Crippen LogP contribution is -2.13. The van der Waals surface area contributed by atoms with Crippen LogP contribution in [0, 0.1) is 15.2 Å². The third-order valence-corrected chi connectivity index (χ3v) is 3.38. The molecule has 0 bridgehead atoms. The van der Waals surface area contributed by atoms with Gasteiger partial charge in [-0.2, -0.15) is 0 Å². The fourth-order valence-corrected chi connectivity index (χ4v) is 2.02. The quantitative estimate of drug-likeness (QED) is 0.799. The summed E-state index contributed by atoms with van der Waals surface area (Å²) in [7, 11) is 0. The lowest BCUT2D eigenvalue weighted by molar-refractivity contribution is 0.186. The first-order valence-electron chi connectivity index (χ1n) is 5.69. The Morgan fingerprint density at radius 2 is 1.79 bits per heavy atom. The van der Waals surface area contributed by atoms with Crippen LogP contribution < -0.4 is 5.32 Å². The van der Waals surface area contributed by atoms with E-state index < -0.39 is 17.7 Å². The molecule has 0 amide bonds. The van der Waals surface area contributed by atoms with E-state index in [1.54, 1.807) is 0 Å². The van der Waals surface area contributed by atoms with Gasteiger partial charge in [0.05, 0.1) is 6.10 Å². The van der Waals surface area contributed by atoms with Gasteiger partial charge in [-0.15, -0.1) is 0 Å². The molecule has 2 aromatic carbocycles. The Bertz CT molecular complexity index is 560. The van der Waals surface area contributed by atoms with Crippen molar-refractivity contribution in [2.24, 2.45) is 0 Å². The SMILES string of the molecule is OC(CNc1ccc(I)cc1)c1cc(F)ccc1F. The summed E-state index contributed by atoms with van der Waals surface area (Å²) in [6, 6.07) is 10.6. The van der Waals surface area contributed by atoms with E-state index in [9.17, 15) is 13.9 Å². The van der Waals surface area contributed by atoms with Crippen LogP contribution in [0.15, 0.2) is 42.5 Å². The van der Waals surface area contributed by atoms with Crippen LogP contribution in [0.2, 0.25) is 0 Å². The number of hydrogen-bond acceptors (Lipinski definition) is 2. The van der Waals surface area contributed by atoms with Crippen LogP contribution in [0.5, 0.6) is 0 Å². The highest BCUT2D eigenvalue weighted by Gasteiger charge is 2.13. The Kier molecular flexibility index (Phi) is 4.71. The molecule has 1 atom stereocenters. The Balaban J connectivity index is 2.03. The van der Waals surface area contributed by atoms with E-state index in [2.05, 4.69) is 27.9 Å². The van der Waals surface area contributed by atoms with Crippen molar-refractivity contribution in [2.75, 3.05) is 11.9 Å². The molecule has 0 aliphatic rings. The summed E-state index contributed by atoms with van der Waals surface area (Å²) in [5.41, 5.74) is 0.772. The fraction of sp³-hybridized carbons (Fsp3) is 0.143. The zero-order valence-electron chi connectivity index (χ0n) is 9.91. The number of aliphatic hydroxyl groups excluding tert-OH is 1. The number of rotatable bonds is 4. The molecule has 0 saturated carbocycles. The van der Waals surface area contributed by atoms with Crippen LogP contribution in [-0.2, 0) is 0 Å². The van der Waals surface area contributed by atoms with Crippen LogP contribution in [0.1, 0.15) is 11.7 Å². The van der Waals surface area contributed by atoms with E-state index >= 15 is 0 Å². The van der Waals surface area contributed by atoms with Crippen LogP contribution >= 0.6 is 22.6 Å². The molecule has 0 aromatic heterocycles. The van der Waals surface area contributed by atoms with Gasteiger partial charge in [0.25, 0.3) is 0 Å². The van der Waals surface area contributed by atoms with E-state index in [4.69, 9.17) is 0 Å². The summed E-state index contributed by atoms with van der Waals surface area (Å²) in [4.78, 5) is 0. The molecule has 0 aliphatic carbocycles. The van der Waals surface area contributed by atoms with Crippen LogP contribution in [-0.4, -0.2) is 11.7 Å². The molecule has 2 rings (SSSR count). The highest BCUT2D eigenvalue weighted by molar-refractivity contribution is 14.1. The minimum Gasteiger partial charge on any atom is -0.386 e. The zero-order chi connectivity index (χ0) is 13.8. The summed E-state index contributed by atoms with van der Waals surface area (Å²) < 4.78 is 27.6. The second-order valence-corrected chi connectivity index (χ2v) is 5.32. The number of aliphatic hydroxyl groups is 1. The van der Waals surface area contributed by atoms with Gasteiger partial charge in [0, 0.05) is 21.4 Å². The highest BCUT2D eigenvalue weighted by Crippen LogP contribution is 2.19. The van der Waals surface area contributed by atoms with Crippen molar-refractivity contribution in [3.63, 3.8) is 0 Å². The van der Waals surface area contributed by atoms with Gasteiger partial charge < -0.3 is 10.4 Å². The van der Waals surface area contributed by atoms with Crippen molar-refractivity contribution < 1.29 is 13.9 Å². The van der Waals surface area contributed by atoms with Gasteiger partial charge in [-0.05, 0) is 65.1 Å². The van der Waals surface area contributed by atoms with Gasteiger partial charge in [0.15, 0.2) is 0 Å². The predicted molar refractivity (Wildman–Crippen MR) is 79.0 cm³/mol. The minimum atomic E-state index is -1.10. The lowest BCUT2D eigenvalue weighted by Gasteiger charge is -2.14. The van der Waals surface area contributed by atoms with E-state index in [0.29, 0.717) is 0 Å². The van der Waals surface area contributed by atoms with E-state index in [-0.39, 0.29) is 12.1 Å². The maximum absolute atomic E-state index is 13.4. The third-order valence-electron chi connectivity index (χ3n) is 2.66. The van der Waals surface area contributed by atoms with E-state index in [1.807, 2.05) is 24.3 Å². The summed E-state index contributed by atoms with van der Waals surface area (Å²) in [5, 5.41) is 12.8. The van der Waals surface area contributed by atoms with Crippen LogP contribution in [0.4, 0.5) is 14.5 Å². The van der Waals surface area contributed by atoms with E-state index in [1.165, 1.54) is 0 Å². The molecule has 0 spiro atoms. The van der Waals surface area contributed by atoms with Crippen molar-refractivity contribution in [1.82, 2.24) is 0 Å². The summed E-state index contributed by atoms with van der Waals surface area (Å²) in [6.07, 6.45) is -1.10. The van der Waals surface area contributed by atoms with Gasteiger partial charge in [-0.1, -0.05) is 0 Å². The number of nitrogens with one attached hydrogen (secondary N) is 1. The van der Waals surface area contributed by atoms with E-state index in [0.717, 1.165) is 27.5 Å². The van der Waals surface area contributed by atoms with Crippen molar-refractivity contribution in [1.29, 1.82) is 0 Å². The number of anilines is 1. The minimum absolute atomic E-state index is 0.0435. The normalized spacial score (nSPS) is 12.2. The smallest absolute Gasteiger partial charge is 0.129 e. The largest absolute Gasteiger partial charge is 0.386 e. The first-order valence-corrected chi connectivity index (χ1v) is 6.76. The standard InChI is InChI=1S/C14H12F2INO/c15-9-1-6-13(16)12(7-9)14(19)8-18-11-4-2-10(17)3-5-11/h1-7,14,18-19H,8H2. The number of halogens is 3. The monoisotopic (exact) mass is 375 g/mol. The Labute approximate surface area is 123 Å². The molecular weight excluding hydrogens is 363 g/mol. The highest BCUT2D eigenvalue weighted by atomic mass is 127. The molecule has 0 fully saturated rings. The first kappa shape index (κ1) is 14.2. The van der Waals surface area contributed by atoms with Crippen molar-refractivity contribution >= 4 is 28.3 Å². The van der Waals surface area contributed by atoms with Crippen LogP contribution in [0.3, 0.4) is 0 Å². The molecule has 0 saturated heterocycles. The molecule has 0 radical (unpaired) electrons. The van der Waals surface area contributed by atoms with Crippen LogP contribution in [0.25, 0.3) is 0 Å².